The van der Waals surface area contributed by atoms with Crippen molar-refractivity contribution in [3.63, 3.8) is 0 Å². The van der Waals surface area contributed by atoms with Gasteiger partial charge in [0.05, 0.1) is 17.6 Å². The Hall–Kier alpha value is -2.89. The Balaban J connectivity index is 1.69. The van der Waals surface area contributed by atoms with E-state index in [1.807, 2.05) is 38.1 Å². The number of hydrogen-bond acceptors (Lipinski definition) is 3. The summed E-state index contributed by atoms with van der Waals surface area (Å²) < 4.78 is 16.6. The molecule has 4 nitrogen and oxygen atoms in total. The Morgan fingerprint density at radius 3 is 2.26 bits per heavy atom. The Labute approximate surface area is 205 Å². The van der Waals surface area contributed by atoms with Crippen LogP contribution in [0.2, 0.25) is 5.02 Å². The highest BCUT2D eigenvalue weighted by atomic mass is 35.5. The van der Waals surface area contributed by atoms with Gasteiger partial charge in [-0.3, -0.25) is 0 Å². The van der Waals surface area contributed by atoms with Gasteiger partial charge >= 0.3 is 0 Å². The fraction of sp³-hybridized carbons (Fsp3) is 0.321. The average Bonchev–Trinajstić information content (AvgIpc) is 3.20. The Morgan fingerprint density at radius 1 is 0.941 bits per heavy atom. The summed E-state index contributed by atoms with van der Waals surface area (Å²) in [4.78, 5) is 7.56. The number of aryl methyl sites for hydroxylation is 2. The summed E-state index contributed by atoms with van der Waals surface area (Å²) in [6, 6.07) is 16.1. The third-order valence-electron chi connectivity index (χ3n) is 6.78. The fourth-order valence-corrected chi connectivity index (χ4v) is 5.23. The van der Waals surface area contributed by atoms with Crippen molar-refractivity contribution in [2.24, 2.45) is 5.73 Å². The van der Waals surface area contributed by atoms with Crippen molar-refractivity contribution in [3.8, 4) is 11.1 Å². The van der Waals surface area contributed by atoms with Gasteiger partial charge in [0.2, 0.25) is 5.95 Å². The number of imidazole rings is 1. The molecule has 2 heterocycles. The highest BCUT2D eigenvalue weighted by Crippen LogP contribution is 2.36. The second-order valence-corrected chi connectivity index (χ2v) is 9.75. The molecule has 0 saturated carbocycles. The minimum absolute atomic E-state index is 0.137. The summed E-state index contributed by atoms with van der Waals surface area (Å²) in [6.07, 6.45) is 3.57. The van der Waals surface area contributed by atoms with Crippen molar-refractivity contribution in [3.05, 3.63) is 81.6 Å². The molecule has 0 radical (unpaired) electrons. The molecule has 3 aromatic carbocycles. The van der Waals surface area contributed by atoms with Crippen LogP contribution < -0.4 is 10.6 Å². The summed E-state index contributed by atoms with van der Waals surface area (Å²) in [5.74, 6) is 0.818. The molecule has 0 unspecified atom stereocenters. The lowest BCUT2D eigenvalue weighted by atomic mass is 10.0. The average molecular weight is 477 g/mol. The van der Waals surface area contributed by atoms with E-state index in [-0.39, 0.29) is 5.82 Å². The summed E-state index contributed by atoms with van der Waals surface area (Å²) >= 11 is 6.65. The van der Waals surface area contributed by atoms with E-state index in [1.165, 1.54) is 6.42 Å². The number of hydrogen-bond donors (Lipinski definition) is 1. The van der Waals surface area contributed by atoms with Gasteiger partial charge in [0, 0.05) is 30.2 Å². The molecule has 0 atom stereocenters. The first-order valence-corrected chi connectivity index (χ1v) is 12.3. The van der Waals surface area contributed by atoms with Gasteiger partial charge in [-0.2, -0.15) is 0 Å². The van der Waals surface area contributed by atoms with E-state index in [1.54, 1.807) is 0 Å². The predicted octanol–water partition coefficient (Wildman–Crippen LogP) is 6.61. The Morgan fingerprint density at radius 2 is 1.62 bits per heavy atom. The monoisotopic (exact) mass is 476 g/mol. The van der Waals surface area contributed by atoms with Gasteiger partial charge in [0.15, 0.2) is 0 Å². The van der Waals surface area contributed by atoms with Gasteiger partial charge in [-0.15, -0.1) is 0 Å². The second kappa shape index (κ2) is 9.40. The standard InChI is InChI=1S/C28H30ClFN4/c1-18-12-21(13-19(2)26(18)30)17-34-25-15-23(29)14-24(22-8-6-20(16-31)7-9-22)27(25)32-28(34)33-10-4-3-5-11-33/h6-9,12-15H,3-5,10-11,16-17,31H2,1-2H3. The normalized spacial score (nSPS) is 14.2. The van der Waals surface area contributed by atoms with Crippen LogP contribution in [0, 0.1) is 19.7 Å². The molecule has 1 fully saturated rings. The smallest absolute Gasteiger partial charge is 0.206 e. The van der Waals surface area contributed by atoms with E-state index in [4.69, 9.17) is 22.3 Å². The van der Waals surface area contributed by atoms with E-state index >= 15 is 0 Å². The van der Waals surface area contributed by atoms with Gasteiger partial charge in [-0.25, -0.2) is 9.37 Å². The second-order valence-electron chi connectivity index (χ2n) is 9.31. The van der Waals surface area contributed by atoms with Crippen LogP contribution in [-0.4, -0.2) is 22.6 Å². The first kappa shape index (κ1) is 22.9. The number of halogens is 2. The molecule has 1 aromatic heterocycles. The van der Waals surface area contributed by atoms with E-state index in [9.17, 15) is 4.39 Å². The van der Waals surface area contributed by atoms with E-state index in [2.05, 4.69) is 33.7 Å². The lowest BCUT2D eigenvalue weighted by Crippen LogP contribution is -2.32. The van der Waals surface area contributed by atoms with Crippen molar-refractivity contribution in [1.29, 1.82) is 0 Å². The first-order chi connectivity index (χ1) is 16.4. The zero-order valence-electron chi connectivity index (χ0n) is 19.7. The van der Waals surface area contributed by atoms with Crippen molar-refractivity contribution < 1.29 is 4.39 Å². The van der Waals surface area contributed by atoms with Crippen LogP contribution >= 0.6 is 11.6 Å². The topological polar surface area (TPSA) is 47.1 Å². The molecular weight excluding hydrogens is 447 g/mol. The molecule has 1 saturated heterocycles. The van der Waals surface area contributed by atoms with E-state index < -0.39 is 0 Å². The molecule has 0 aliphatic carbocycles. The van der Waals surface area contributed by atoms with Crippen molar-refractivity contribution in [1.82, 2.24) is 9.55 Å². The largest absolute Gasteiger partial charge is 0.342 e. The van der Waals surface area contributed by atoms with Crippen LogP contribution in [0.3, 0.4) is 0 Å². The molecular formula is C28H30ClFN4. The highest BCUT2D eigenvalue weighted by molar-refractivity contribution is 6.31. The quantitative estimate of drug-likeness (QED) is 0.352. The lowest BCUT2D eigenvalue weighted by molar-refractivity contribution is 0.560. The summed E-state index contributed by atoms with van der Waals surface area (Å²) in [7, 11) is 0. The van der Waals surface area contributed by atoms with Crippen LogP contribution in [0.5, 0.6) is 0 Å². The first-order valence-electron chi connectivity index (χ1n) is 11.9. The highest BCUT2D eigenvalue weighted by Gasteiger charge is 2.22. The fourth-order valence-electron chi connectivity index (χ4n) is 5.02. The Bertz CT molecular complexity index is 1310. The number of nitrogens with zero attached hydrogens (tertiary/aromatic N) is 3. The predicted molar refractivity (Wildman–Crippen MR) is 139 cm³/mol. The molecule has 0 amide bonds. The molecule has 0 bridgehead atoms. The maximum absolute atomic E-state index is 14.3. The summed E-state index contributed by atoms with van der Waals surface area (Å²) in [5, 5.41) is 0.670. The maximum atomic E-state index is 14.3. The van der Waals surface area contributed by atoms with Crippen molar-refractivity contribution in [2.75, 3.05) is 18.0 Å². The van der Waals surface area contributed by atoms with E-state index in [0.717, 1.165) is 65.2 Å². The number of nitrogens with two attached hydrogens (primary N) is 1. The lowest BCUT2D eigenvalue weighted by Gasteiger charge is -2.28. The molecule has 5 rings (SSSR count). The molecule has 2 N–H and O–H groups in total. The maximum Gasteiger partial charge on any atom is 0.206 e. The Kier molecular flexibility index (Phi) is 6.32. The molecule has 4 aromatic rings. The summed E-state index contributed by atoms with van der Waals surface area (Å²) in [6.45, 7) is 6.73. The molecule has 176 valence electrons. The molecule has 0 spiro atoms. The minimum Gasteiger partial charge on any atom is -0.342 e. The molecule has 6 heteroatoms. The summed E-state index contributed by atoms with van der Waals surface area (Å²) in [5.41, 5.74) is 13.3. The van der Waals surface area contributed by atoms with Gasteiger partial charge in [0.1, 0.15) is 5.82 Å². The number of fused-ring (bicyclic) bond motifs is 1. The van der Waals surface area contributed by atoms with Gasteiger partial charge < -0.3 is 15.2 Å². The SMILES string of the molecule is Cc1cc(Cn2c(N3CCCCC3)nc3c(-c4ccc(CN)cc4)cc(Cl)cc32)cc(C)c1F. The number of aromatic nitrogens is 2. The van der Waals surface area contributed by atoms with Gasteiger partial charge in [0.25, 0.3) is 0 Å². The zero-order valence-corrected chi connectivity index (χ0v) is 20.5. The number of benzene rings is 3. The molecule has 34 heavy (non-hydrogen) atoms. The molecule has 1 aliphatic rings. The zero-order chi connectivity index (χ0) is 23.8. The van der Waals surface area contributed by atoms with Crippen LogP contribution in [0.4, 0.5) is 10.3 Å². The molecule has 1 aliphatic heterocycles. The number of rotatable bonds is 5. The van der Waals surface area contributed by atoms with E-state index in [0.29, 0.717) is 29.2 Å². The minimum atomic E-state index is -0.137. The van der Waals surface area contributed by atoms with Crippen LogP contribution in [-0.2, 0) is 13.1 Å². The third-order valence-corrected chi connectivity index (χ3v) is 6.99. The van der Waals surface area contributed by atoms with Crippen molar-refractivity contribution >= 4 is 28.6 Å². The van der Waals surface area contributed by atoms with Gasteiger partial charge in [-0.1, -0.05) is 48.0 Å². The van der Waals surface area contributed by atoms with Crippen molar-refractivity contribution in [2.45, 2.75) is 46.2 Å². The third kappa shape index (κ3) is 4.30. The van der Waals surface area contributed by atoms with Crippen LogP contribution in [0.15, 0.2) is 48.5 Å². The van der Waals surface area contributed by atoms with Gasteiger partial charge in [-0.05, 0) is 73.1 Å². The van der Waals surface area contributed by atoms with Crippen LogP contribution in [0.1, 0.15) is 41.5 Å². The number of piperidine rings is 1. The van der Waals surface area contributed by atoms with Crippen LogP contribution in [0.25, 0.3) is 22.2 Å². The number of anilines is 1.